The topological polar surface area (TPSA) is 75.7 Å². The summed E-state index contributed by atoms with van der Waals surface area (Å²) in [4.78, 5) is 12.5. The number of aryl methyl sites for hydroxylation is 2. The summed E-state index contributed by atoms with van der Waals surface area (Å²) in [6.07, 6.45) is 2.62. The predicted molar refractivity (Wildman–Crippen MR) is 122 cm³/mol. The Morgan fingerprint density at radius 1 is 1.17 bits per heavy atom. The van der Waals surface area contributed by atoms with Gasteiger partial charge in [0.25, 0.3) is 0 Å². The van der Waals surface area contributed by atoms with Crippen molar-refractivity contribution in [1.82, 2.24) is 5.32 Å². The van der Waals surface area contributed by atoms with Crippen LogP contribution < -0.4 is 14.4 Å². The Hall–Kier alpha value is -2.54. The van der Waals surface area contributed by atoms with Crippen molar-refractivity contribution in [2.45, 2.75) is 46.1 Å². The third-order valence-corrected chi connectivity index (χ3v) is 6.24. The zero-order valence-electron chi connectivity index (χ0n) is 18.4. The van der Waals surface area contributed by atoms with Crippen molar-refractivity contribution in [3.8, 4) is 5.75 Å². The Morgan fingerprint density at radius 2 is 1.90 bits per heavy atom. The van der Waals surface area contributed by atoms with Crippen LogP contribution in [0.3, 0.4) is 0 Å². The number of methoxy groups -OCH3 is 1. The lowest BCUT2D eigenvalue weighted by Crippen LogP contribution is -2.33. The van der Waals surface area contributed by atoms with E-state index in [1.165, 1.54) is 23.2 Å². The van der Waals surface area contributed by atoms with Gasteiger partial charge in [0.1, 0.15) is 5.75 Å². The molecule has 1 amide bonds. The van der Waals surface area contributed by atoms with Gasteiger partial charge in [0.15, 0.2) is 0 Å². The molecule has 2 aromatic carbocycles. The minimum Gasteiger partial charge on any atom is -0.497 e. The number of benzene rings is 2. The number of hydrogen-bond donors (Lipinski definition) is 1. The maximum Gasteiger partial charge on any atom is 0.232 e. The maximum absolute atomic E-state index is 12.5. The highest BCUT2D eigenvalue weighted by Crippen LogP contribution is 2.24. The van der Waals surface area contributed by atoms with Gasteiger partial charge in [0, 0.05) is 19.0 Å². The van der Waals surface area contributed by atoms with Crippen LogP contribution in [-0.4, -0.2) is 34.2 Å². The van der Waals surface area contributed by atoms with Crippen molar-refractivity contribution >= 4 is 21.6 Å². The van der Waals surface area contributed by atoms with Crippen LogP contribution in [0, 0.1) is 13.8 Å². The number of ether oxygens (including phenoxy) is 1. The van der Waals surface area contributed by atoms with Crippen molar-refractivity contribution in [2.24, 2.45) is 0 Å². The Morgan fingerprint density at radius 3 is 2.50 bits per heavy atom. The third-order valence-electron chi connectivity index (χ3n) is 5.05. The summed E-state index contributed by atoms with van der Waals surface area (Å²) >= 11 is 0. The van der Waals surface area contributed by atoms with Crippen LogP contribution in [0.1, 0.15) is 48.9 Å². The maximum atomic E-state index is 12.5. The Bertz CT molecular complexity index is 973. The van der Waals surface area contributed by atoms with E-state index in [1.54, 1.807) is 24.3 Å². The first-order chi connectivity index (χ1) is 14.2. The standard InChI is InChI=1S/C23H32N2O4S/c1-6-22(21-13-12-17(2)15-18(21)3)24-23(26)11-8-14-25(30(5,27)28)19-9-7-10-20(16-19)29-4/h7,9-10,12-13,15-16,22H,6,8,11,14H2,1-5H3,(H,24,26)/t22-/m0/s1. The number of nitrogens with one attached hydrogen (secondary N) is 1. The fourth-order valence-corrected chi connectivity index (χ4v) is 4.48. The summed E-state index contributed by atoms with van der Waals surface area (Å²) < 4.78 is 31.0. The molecular weight excluding hydrogens is 400 g/mol. The van der Waals surface area contributed by atoms with Crippen LogP contribution in [0.4, 0.5) is 5.69 Å². The number of sulfonamides is 1. The van der Waals surface area contributed by atoms with Gasteiger partial charge >= 0.3 is 0 Å². The lowest BCUT2D eigenvalue weighted by Gasteiger charge is -2.23. The van der Waals surface area contributed by atoms with E-state index in [2.05, 4.69) is 30.4 Å². The van der Waals surface area contributed by atoms with Crippen molar-refractivity contribution in [1.29, 1.82) is 0 Å². The largest absolute Gasteiger partial charge is 0.497 e. The number of carbonyl (C=O) groups is 1. The molecule has 0 heterocycles. The summed E-state index contributed by atoms with van der Waals surface area (Å²) in [6.45, 7) is 6.36. The Balaban J connectivity index is 2.01. The van der Waals surface area contributed by atoms with Gasteiger partial charge in [-0.2, -0.15) is 0 Å². The summed E-state index contributed by atoms with van der Waals surface area (Å²) in [5.41, 5.74) is 3.99. The van der Waals surface area contributed by atoms with Gasteiger partial charge in [-0.05, 0) is 49.9 Å². The van der Waals surface area contributed by atoms with Crippen molar-refractivity contribution in [3.63, 3.8) is 0 Å². The first-order valence-corrected chi connectivity index (χ1v) is 12.0. The normalized spacial score (nSPS) is 12.3. The highest BCUT2D eigenvalue weighted by molar-refractivity contribution is 7.92. The van der Waals surface area contributed by atoms with Crippen LogP contribution in [0.25, 0.3) is 0 Å². The third kappa shape index (κ3) is 6.49. The van der Waals surface area contributed by atoms with Gasteiger partial charge in [0.2, 0.25) is 15.9 Å². The number of hydrogen-bond acceptors (Lipinski definition) is 4. The zero-order valence-corrected chi connectivity index (χ0v) is 19.3. The molecule has 7 heteroatoms. The first kappa shape index (κ1) is 23.7. The van der Waals surface area contributed by atoms with Crippen molar-refractivity contribution < 1.29 is 17.9 Å². The molecule has 0 bridgehead atoms. The molecule has 0 unspecified atom stereocenters. The second-order valence-electron chi connectivity index (χ2n) is 7.53. The molecule has 0 spiro atoms. The molecule has 0 aromatic heterocycles. The average molecular weight is 433 g/mol. The minimum absolute atomic E-state index is 0.0532. The number of carbonyl (C=O) groups excluding carboxylic acids is 1. The van der Waals surface area contributed by atoms with E-state index in [0.29, 0.717) is 17.9 Å². The SMILES string of the molecule is CC[C@H](NC(=O)CCCN(c1cccc(OC)c1)S(C)(=O)=O)c1ccc(C)cc1C. The summed E-state index contributed by atoms with van der Waals surface area (Å²) in [6, 6.07) is 13.1. The Labute approximate surface area is 180 Å². The number of anilines is 1. The average Bonchev–Trinajstić information content (AvgIpc) is 2.69. The van der Waals surface area contributed by atoms with E-state index in [0.717, 1.165) is 17.5 Å². The molecule has 0 aliphatic heterocycles. The molecule has 1 atom stereocenters. The summed E-state index contributed by atoms with van der Waals surface area (Å²) in [7, 11) is -1.94. The van der Waals surface area contributed by atoms with E-state index >= 15 is 0 Å². The molecule has 1 N–H and O–H groups in total. The molecule has 0 aliphatic carbocycles. The molecule has 164 valence electrons. The van der Waals surface area contributed by atoms with Crippen LogP contribution in [0.15, 0.2) is 42.5 Å². The minimum atomic E-state index is -3.48. The number of rotatable bonds is 10. The fraction of sp³-hybridized carbons (Fsp3) is 0.435. The molecule has 0 saturated carbocycles. The lowest BCUT2D eigenvalue weighted by atomic mass is 9.97. The lowest BCUT2D eigenvalue weighted by molar-refractivity contribution is -0.121. The first-order valence-electron chi connectivity index (χ1n) is 10.1. The van der Waals surface area contributed by atoms with Crippen LogP contribution >= 0.6 is 0 Å². The van der Waals surface area contributed by atoms with Crippen molar-refractivity contribution in [3.05, 3.63) is 59.2 Å². The second-order valence-corrected chi connectivity index (χ2v) is 9.44. The van der Waals surface area contributed by atoms with E-state index < -0.39 is 10.0 Å². The molecule has 6 nitrogen and oxygen atoms in total. The molecular formula is C23H32N2O4S. The van der Waals surface area contributed by atoms with Crippen molar-refractivity contribution in [2.75, 3.05) is 24.2 Å². The van der Waals surface area contributed by atoms with Crippen LogP contribution in [0.5, 0.6) is 5.75 Å². The molecule has 0 fully saturated rings. The van der Waals surface area contributed by atoms with Gasteiger partial charge in [-0.25, -0.2) is 8.42 Å². The van der Waals surface area contributed by atoms with Gasteiger partial charge in [-0.1, -0.05) is 36.8 Å². The second kappa shape index (κ2) is 10.5. The molecule has 2 aromatic rings. The summed E-state index contributed by atoms with van der Waals surface area (Å²) in [5, 5.41) is 3.09. The van der Waals surface area contributed by atoms with Gasteiger partial charge < -0.3 is 10.1 Å². The van der Waals surface area contributed by atoms with Crippen LogP contribution in [-0.2, 0) is 14.8 Å². The monoisotopic (exact) mass is 432 g/mol. The molecule has 0 saturated heterocycles. The Kier molecular flexibility index (Phi) is 8.29. The van der Waals surface area contributed by atoms with Crippen LogP contribution in [0.2, 0.25) is 0 Å². The molecule has 0 aliphatic rings. The van der Waals surface area contributed by atoms with E-state index in [-0.39, 0.29) is 24.9 Å². The fourth-order valence-electron chi connectivity index (χ4n) is 3.52. The molecule has 30 heavy (non-hydrogen) atoms. The van der Waals surface area contributed by atoms with E-state index in [4.69, 9.17) is 4.74 Å². The number of amides is 1. The smallest absolute Gasteiger partial charge is 0.232 e. The molecule has 0 radical (unpaired) electrons. The highest BCUT2D eigenvalue weighted by Gasteiger charge is 2.19. The molecule has 2 rings (SSSR count). The summed E-state index contributed by atoms with van der Waals surface area (Å²) in [5.74, 6) is 0.499. The van der Waals surface area contributed by atoms with Gasteiger partial charge in [-0.3, -0.25) is 9.10 Å². The number of nitrogens with zero attached hydrogens (tertiary/aromatic N) is 1. The van der Waals surface area contributed by atoms with Gasteiger partial charge in [-0.15, -0.1) is 0 Å². The zero-order chi connectivity index (χ0) is 22.3. The van der Waals surface area contributed by atoms with E-state index in [9.17, 15) is 13.2 Å². The highest BCUT2D eigenvalue weighted by atomic mass is 32.2. The van der Waals surface area contributed by atoms with Gasteiger partial charge in [0.05, 0.1) is 25.1 Å². The quantitative estimate of drug-likeness (QED) is 0.613. The van der Waals surface area contributed by atoms with E-state index in [1.807, 2.05) is 13.8 Å². The predicted octanol–water partition coefficient (Wildman–Crippen LogP) is 4.13.